The fraction of sp³-hybridized carbons (Fsp3) is 0.143. The third-order valence-electron chi connectivity index (χ3n) is 2.54. The molecule has 2 aromatic rings. The fourth-order valence-electron chi connectivity index (χ4n) is 1.76. The fourth-order valence-corrected chi connectivity index (χ4v) is 1.76. The number of ether oxygens (including phenoxy) is 1. The number of nitrogen functional groups attached to an aromatic ring is 1. The van der Waals surface area contributed by atoms with Gasteiger partial charge in [-0.2, -0.15) is 8.78 Å². The number of alkyl halides is 2. The van der Waals surface area contributed by atoms with Gasteiger partial charge in [0.2, 0.25) is 0 Å². The molecule has 94 valence electrons. The number of anilines is 1. The second-order valence-electron chi connectivity index (χ2n) is 3.91. The van der Waals surface area contributed by atoms with Crippen LogP contribution in [0.25, 0.3) is 0 Å². The highest BCUT2D eigenvalue weighted by atomic mass is 19.3. The molecule has 0 saturated carbocycles. The highest BCUT2D eigenvalue weighted by Crippen LogP contribution is 2.25. The average Bonchev–Trinajstić information content (AvgIpc) is 2.33. The van der Waals surface area contributed by atoms with Gasteiger partial charge in [-0.05, 0) is 23.8 Å². The van der Waals surface area contributed by atoms with Crippen molar-refractivity contribution in [2.45, 2.75) is 13.0 Å². The van der Waals surface area contributed by atoms with Gasteiger partial charge in [-0.3, -0.25) is 0 Å². The van der Waals surface area contributed by atoms with Crippen LogP contribution in [-0.2, 0) is 6.42 Å². The van der Waals surface area contributed by atoms with Gasteiger partial charge in [-0.15, -0.1) is 0 Å². The van der Waals surface area contributed by atoms with E-state index in [4.69, 9.17) is 5.73 Å². The van der Waals surface area contributed by atoms with Crippen LogP contribution in [0.3, 0.4) is 0 Å². The van der Waals surface area contributed by atoms with Crippen molar-refractivity contribution in [2.24, 2.45) is 0 Å². The van der Waals surface area contributed by atoms with Gasteiger partial charge in [0.15, 0.2) is 0 Å². The van der Waals surface area contributed by atoms with Crippen LogP contribution in [0.15, 0.2) is 48.5 Å². The van der Waals surface area contributed by atoms with E-state index in [1.54, 1.807) is 12.1 Å². The molecule has 0 radical (unpaired) electrons. The van der Waals surface area contributed by atoms with E-state index in [-0.39, 0.29) is 5.75 Å². The topological polar surface area (TPSA) is 35.2 Å². The Morgan fingerprint density at radius 3 is 2.44 bits per heavy atom. The Balaban J connectivity index is 2.27. The lowest BCUT2D eigenvalue weighted by atomic mass is 10.0. The molecule has 0 spiro atoms. The smallest absolute Gasteiger partial charge is 0.387 e. The van der Waals surface area contributed by atoms with Crippen LogP contribution >= 0.6 is 0 Å². The van der Waals surface area contributed by atoms with Gasteiger partial charge < -0.3 is 10.5 Å². The molecule has 2 aromatic carbocycles. The van der Waals surface area contributed by atoms with Crippen LogP contribution in [-0.4, -0.2) is 6.61 Å². The van der Waals surface area contributed by atoms with Crippen LogP contribution in [0.2, 0.25) is 0 Å². The minimum Gasteiger partial charge on any atom is -0.435 e. The van der Waals surface area contributed by atoms with E-state index >= 15 is 0 Å². The molecule has 0 aromatic heterocycles. The quantitative estimate of drug-likeness (QED) is 0.842. The molecule has 0 saturated heterocycles. The lowest BCUT2D eigenvalue weighted by molar-refractivity contribution is -0.0503. The first-order valence-corrected chi connectivity index (χ1v) is 5.52. The molecule has 0 unspecified atom stereocenters. The summed E-state index contributed by atoms with van der Waals surface area (Å²) in [4.78, 5) is 0. The molecule has 0 amide bonds. The summed E-state index contributed by atoms with van der Waals surface area (Å²) in [5.41, 5.74) is 7.87. The minimum atomic E-state index is -2.83. The number of rotatable bonds is 4. The summed E-state index contributed by atoms with van der Waals surface area (Å²) >= 11 is 0. The zero-order chi connectivity index (χ0) is 13.0. The normalized spacial score (nSPS) is 10.6. The molecule has 0 aliphatic carbocycles. The van der Waals surface area contributed by atoms with E-state index in [9.17, 15) is 8.78 Å². The Kier molecular flexibility index (Phi) is 3.77. The lowest BCUT2D eigenvalue weighted by Gasteiger charge is -2.11. The molecule has 0 aliphatic heterocycles. The second-order valence-corrected chi connectivity index (χ2v) is 3.91. The van der Waals surface area contributed by atoms with E-state index in [1.165, 1.54) is 6.07 Å². The highest BCUT2D eigenvalue weighted by molar-refractivity contribution is 5.49. The summed E-state index contributed by atoms with van der Waals surface area (Å²) in [6.45, 7) is -2.83. The van der Waals surface area contributed by atoms with Gasteiger partial charge in [-0.25, -0.2) is 0 Å². The van der Waals surface area contributed by atoms with Crippen LogP contribution in [0.5, 0.6) is 5.75 Å². The predicted molar refractivity (Wildman–Crippen MR) is 66.7 cm³/mol. The molecule has 0 aliphatic rings. The standard InChI is InChI=1S/C14H13F2NO/c15-14(16)18-13-7-6-12(17)9-11(13)8-10-4-2-1-3-5-10/h1-7,9,14H,8,17H2. The maximum absolute atomic E-state index is 12.3. The van der Waals surface area contributed by atoms with E-state index in [1.807, 2.05) is 30.3 Å². The Morgan fingerprint density at radius 2 is 1.78 bits per heavy atom. The third kappa shape index (κ3) is 3.20. The van der Waals surface area contributed by atoms with Gasteiger partial charge >= 0.3 is 6.61 Å². The molecule has 0 heterocycles. The highest BCUT2D eigenvalue weighted by Gasteiger charge is 2.10. The van der Waals surface area contributed by atoms with Crippen molar-refractivity contribution in [3.8, 4) is 5.75 Å². The van der Waals surface area contributed by atoms with E-state index in [0.29, 0.717) is 17.7 Å². The number of hydrogen-bond donors (Lipinski definition) is 1. The maximum Gasteiger partial charge on any atom is 0.387 e. The summed E-state index contributed by atoms with van der Waals surface area (Å²) in [7, 11) is 0. The Bertz CT molecular complexity index is 514. The van der Waals surface area contributed by atoms with Gasteiger partial charge in [-0.1, -0.05) is 30.3 Å². The summed E-state index contributed by atoms with van der Waals surface area (Å²) in [5, 5.41) is 0. The third-order valence-corrected chi connectivity index (χ3v) is 2.54. The largest absolute Gasteiger partial charge is 0.435 e. The minimum absolute atomic E-state index is 0.169. The van der Waals surface area contributed by atoms with Crippen LogP contribution in [0.1, 0.15) is 11.1 Å². The number of hydrogen-bond acceptors (Lipinski definition) is 2. The number of benzene rings is 2. The van der Waals surface area contributed by atoms with Crippen molar-refractivity contribution in [3.05, 3.63) is 59.7 Å². The van der Waals surface area contributed by atoms with E-state index < -0.39 is 6.61 Å². The van der Waals surface area contributed by atoms with Crippen molar-refractivity contribution in [1.82, 2.24) is 0 Å². The van der Waals surface area contributed by atoms with Gasteiger partial charge in [0, 0.05) is 17.7 Å². The van der Waals surface area contributed by atoms with Crippen LogP contribution < -0.4 is 10.5 Å². The lowest BCUT2D eigenvalue weighted by Crippen LogP contribution is -2.05. The SMILES string of the molecule is Nc1ccc(OC(F)F)c(Cc2ccccc2)c1. The van der Waals surface area contributed by atoms with Gasteiger partial charge in [0.25, 0.3) is 0 Å². The van der Waals surface area contributed by atoms with Crippen molar-refractivity contribution in [2.75, 3.05) is 5.73 Å². The number of nitrogens with two attached hydrogens (primary N) is 1. The van der Waals surface area contributed by atoms with E-state index in [2.05, 4.69) is 4.74 Å². The predicted octanol–water partition coefficient (Wildman–Crippen LogP) is 3.46. The molecule has 2 N–H and O–H groups in total. The zero-order valence-electron chi connectivity index (χ0n) is 9.64. The van der Waals surface area contributed by atoms with Crippen molar-refractivity contribution < 1.29 is 13.5 Å². The monoisotopic (exact) mass is 249 g/mol. The zero-order valence-corrected chi connectivity index (χ0v) is 9.64. The van der Waals surface area contributed by atoms with E-state index in [0.717, 1.165) is 5.56 Å². The molecular formula is C14H13F2NO. The second kappa shape index (κ2) is 5.49. The Labute approximate surface area is 104 Å². The van der Waals surface area contributed by atoms with Gasteiger partial charge in [0.05, 0.1) is 0 Å². The summed E-state index contributed by atoms with van der Waals surface area (Å²) in [6.07, 6.45) is 0.508. The van der Waals surface area contributed by atoms with Crippen molar-refractivity contribution in [3.63, 3.8) is 0 Å². The summed E-state index contributed by atoms with van der Waals surface area (Å²) < 4.78 is 29.1. The molecule has 0 bridgehead atoms. The molecule has 2 rings (SSSR count). The van der Waals surface area contributed by atoms with Crippen LogP contribution in [0, 0.1) is 0 Å². The Morgan fingerprint density at radius 1 is 1.06 bits per heavy atom. The van der Waals surface area contributed by atoms with Crippen LogP contribution in [0.4, 0.5) is 14.5 Å². The van der Waals surface area contributed by atoms with Crippen molar-refractivity contribution in [1.29, 1.82) is 0 Å². The summed E-state index contributed by atoms with van der Waals surface area (Å²) in [5.74, 6) is 0.169. The maximum atomic E-state index is 12.3. The Hall–Kier alpha value is -2.10. The summed E-state index contributed by atoms with van der Waals surface area (Å²) in [6, 6.07) is 14.2. The first-order chi connectivity index (χ1) is 8.65. The molecule has 18 heavy (non-hydrogen) atoms. The molecule has 0 fully saturated rings. The molecular weight excluding hydrogens is 236 g/mol. The molecule has 2 nitrogen and oxygen atoms in total. The first kappa shape index (κ1) is 12.4. The van der Waals surface area contributed by atoms with Gasteiger partial charge in [0.1, 0.15) is 5.75 Å². The first-order valence-electron chi connectivity index (χ1n) is 5.52. The molecule has 4 heteroatoms. The van der Waals surface area contributed by atoms with Crippen molar-refractivity contribution >= 4 is 5.69 Å². The number of halogens is 2. The molecule has 0 atom stereocenters. The average molecular weight is 249 g/mol.